The van der Waals surface area contributed by atoms with Crippen molar-refractivity contribution in [1.29, 1.82) is 0 Å². The number of Topliss-reactive ketones (excluding diaryl/α,β-unsaturated/α-hetero) is 1. The number of aliphatic carboxylic acids is 1. The van der Waals surface area contributed by atoms with Crippen LogP contribution >= 0.6 is 0 Å². The Morgan fingerprint density at radius 2 is 1.00 bits per heavy atom. The summed E-state index contributed by atoms with van der Waals surface area (Å²) in [5.74, 6) is -0.631. The normalized spacial score (nSPS) is 16.5. The van der Waals surface area contributed by atoms with E-state index in [0.29, 0.717) is 12.2 Å². The number of benzene rings is 2. The number of phenols is 1. The number of carbonyl (C=O) groups excluding carboxylic acids is 1. The van der Waals surface area contributed by atoms with Crippen molar-refractivity contribution in [3.63, 3.8) is 0 Å². The van der Waals surface area contributed by atoms with Gasteiger partial charge in [0.15, 0.2) is 5.78 Å². The molecule has 0 spiro atoms. The lowest BCUT2D eigenvalue weighted by molar-refractivity contribution is -0.148. The molecule has 2 aromatic carbocycles. The van der Waals surface area contributed by atoms with Gasteiger partial charge in [0, 0.05) is 22.3 Å². The number of phenolic OH excluding ortho intramolecular Hbond substituents is 1. The van der Waals surface area contributed by atoms with Crippen LogP contribution in [0.25, 0.3) is 5.57 Å². The number of ketones is 1. The van der Waals surface area contributed by atoms with Gasteiger partial charge in [-0.2, -0.15) is 0 Å². The Bertz CT molecular complexity index is 1880. The number of aromatic hydroxyl groups is 1. The molecule has 322 valence electrons. The second-order valence-corrected chi connectivity index (χ2v) is 25.2. The fraction of sp³-hybridized carbons (Fsp3) is 0.630. The molecule has 3 rings (SSSR count). The highest BCUT2D eigenvalue weighted by molar-refractivity contribution is 6.12. The van der Waals surface area contributed by atoms with Crippen molar-refractivity contribution in [3.05, 3.63) is 93.1 Å². The molecule has 1 aliphatic carbocycles. The largest absolute Gasteiger partial charge is 0.507 e. The van der Waals surface area contributed by atoms with Gasteiger partial charge in [-0.25, -0.2) is 0 Å². The molecule has 0 radical (unpaired) electrons. The smallest absolute Gasteiger partial charge is 0.307 e. The third kappa shape index (κ3) is 10.9. The summed E-state index contributed by atoms with van der Waals surface area (Å²) in [5.41, 5.74) is 6.33. The van der Waals surface area contributed by atoms with Gasteiger partial charge in [0.25, 0.3) is 0 Å². The number of allylic oxidation sites excluding steroid dienone is 5. The molecule has 2 N–H and O–H groups in total. The Morgan fingerprint density at radius 3 is 1.33 bits per heavy atom. The van der Waals surface area contributed by atoms with Crippen molar-refractivity contribution in [2.24, 2.45) is 38.4 Å². The summed E-state index contributed by atoms with van der Waals surface area (Å²) in [6.45, 7) is 47.7. The zero-order chi connectivity index (χ0) is 45.2. The van der Waals surface area contributed by atoms with E-state index in [1.165, 1.54) is 5.56 Å². The van der Waals surface area contributed by atoms with Gasteiger partial charge in [0.1, 0.15) is 5.75 Å². The van der Waals surface area contributed by atoms with E-state index in [1.807, 2.05) is 20.8 Å². The summed E-state index contributed by atoms with van der Waals surface area (Å²) >= 11 is 0. The maximum Gasteiger partial charge on any atom is 0.307 e. The fourth-order valence-corrected chi connectivity index (χ4v) is 8.60. The third-order valence-electron chi connectivity index (χ3n) is 13.1. The first-order chi connectivity index (χ1) is 25.7. The first kappa shape index (κ1) is 49.0. The first-order valence-electron chi connectivity index (χ1n) is 21.7. The lowest BCUT2D eigenvalue weighted by Crippen LogP contribution is -2.43. The molecule has 0 saturated carbocycles. The van der Waals surface area contributed by atoms with Crippen LogP contribution in [-0.4, -0.2) is 22.0 Å². The van der Waals surface area contributed by atoms with Crippen molar-refractivity contribution in [3.8, 4) is 5.75 Å². The molecule has 1 aliphatic rings. The highest BCUT2D eigenvalue weighted by atomic mass is 16.4. The van der Waals surface area contributed by atoms with E-state index < -0.39 is 11.9 Å². The minimum absolute atomic E-state index is 0.0236. The average Bonchev–Trinajstić information content (AvgIpc) is 3.00. The molecule has 4 heteroatoms. The third-order valence-corrected chi connectivity index (χ3v) is 13.1. The molecule has 0 fully saturated rings. The van der Waals surface area contributed by atoms with Gasteiger partial charge in [0.05, 0.1) is 5.92 Å². The molecular formula is C54H82O4. The molecule has 2 aromatic rings. The molecule has 0 aliphatic heterocycles. The second-order valence-electron chi connectivity index (χ2n) is 25.2. The summed E-state index contributed by atoms with van der Waals surface area (Å²) in [4.78, 5) is 26.9. The van der Waals surface area contributed by atoms with E-state index in [0.717, 1.165) is 51.0 Å². The summed E-state index contributed by atoms with van der Waals surface area (Å²) in [5, 5.41) is 22.2. The van der Waals surface area contributed by atoms with Crippen LogP contribution in [0, 0.1) is 38.4 Å². The standard InChI is InChI=1S/C54H82O4/c1-47(2,3)31-41(54(21,22)53(19,20)32-42(46(57)58)52(16,17)18)33-23-25-34(26-24-33)43(35-27-37(48(4,5)6)44(55)38(28-35)49(7,8)9)36-29-39(50(10,11)12)45(56)40(30-36)51(13,14)15/h23-30,41-42,55H,31-32H2,1-22H3,(H,57,58). The quantitative estimate of drug-likeness (QED) is 0.265. The average molecular weight is 795 g/mol. The molecular weight excluding hydrogens is 713 g/mol. The Morgan fingerprint density at radius 1 is 0.586 bits per heavy atom. The molecule has 2 unspecified atom stereocenters. The Kier molecular flexibility index (Phi) is 13.4. The van der Waals surface area contributed by atoms with Crippen LogP contribution in [0.2, 0.25) is 0 Å². The molecule has 0 aromatic heterocycles. The lowest BCUT2D eigenvalue weighted by atomic mass is 9.53. The topological polar surface area (TPSA) is 74.6 Å². The van der Waals surface area contributed by atoms with E-state index in [4.69, 9.17) is 0 Å². The van der Waals surface area contributed by atoms with Crippen molar-refractivity contribution >= 4 is 17.3 Å². The zero-order valence-corrected chi connectivity index (χ0v) is 40.9. The number of hydrogen-bond acceptors (Lipinski definition) is 3. The monoisotopic (exact) mass is 795 g/mol. The molecule has 4 nitrogen and oxygen atoms in total. The van der Waals surface area contributed by atoms with Gasteiger partial charge in [-0.15, -0.1) is 0 Å². The highest BCUT2D eigenvalue weighted by Crippen LogP contribution is 2.57. The lowest BCUT2D eigenvalue weighted by Gasteiger charge is -2.51. The minimum atomic E-state index is -0.733. The van der Waals surface area contributed by atoms with E-state index in [-0.39, 0.29) is 55.0 Å². The number of carbonyl (C=O) groups is 2. The molecule has 0 bridgehead atoms. The first-order valence-corrected chi connectivity index (χ1v) is 21.7. The maximum absolute atomic E-state index is 14.2. The number of rotatable bonds is 9. The molecule has 0 heterocycles. The predicted octanol–water partition coefficient (Wildman–Crippen LogP) is 15.0. The SMILES string of the molecule is CC(C)(C)CC(c1ccc(C(=C2C=C(C(C)(C)C)C(=O)C(C(C)(C)C)=C2)c2cc(C(C)(C)C)c(O)c(C(C)(C)C)c2)cc1)C(C)(C)C(C)(C)CC(C(=O)O)C(C)(C)C. The number of carboxylic acids is 1. The van der Waals surface area contributed by atoms with Gasteiger partial charge in [0.2, 0.25) is 0 Å². The van der Waals surface area contributed by atoms with E-state index in [1.54, 1.807) is 0 Å². The predicted molar refractivity (Wildman–Crippen MR) is 248 cm³/mol. The number of carboxylic acid groups (broad SMARTS) is 1. The van der Waals surface area contributed by atoms with Crippen LogP contribution in [0.3, 0.4) is 0 Å². The Balaban J connectivity index is 2.51. The summed E-state index contributed by atoms with van der Waals surface area (Å²) in [7, 11) is 0. The second kappa shape index (κ2) is 15.9. The van der Waals surface area contributed by atoms with Crippen molar-refractivity contribution in [2.75, 3.05) is 0 Å². The van der Waals surface area contributed by atoms with Gasteiger partial charge < -0.3 is 10.2 Å². The van der Waals surface area contributed by atoms with E-state index >= 15 is 0 Å². The van der Waals surface area contributed by atoms with Gasteiger partial charge >= 0.3 is 5.97 Å². The number of hydrogen-bond donors (Lipinski definition) is 2. The highest BCUT2D eigenvalue weighted by Gasteiger charge is 2.48. The molecule has 0 saturated heterocycles. The fourth-order valence-electron chi connectivity index (χ4n) is 8.60. The van der Waals surface area contributed by atoms with Crippen molar-refractivity contribution in [2.45, 2.75) is 182 Å². The van der Waals surface area contributed by atoms with Crippen LogP contribution in [0.1, 0.15) is 199 Å². The Labute approximate surface area is 355 Å². The summed E-state index contributed by atoms with van der Waals surface area (Å²) in [6, 6.07) is 13.4. The van der Waals surface area contributed by atoms with Gasteiger partial charge in [-0.3, -0.25) is 9.59 Å². The van der Waals surface area contributed by atoms with Crippen LogP contribution < -0.4 is 0 Å². The van der Waals surface area contributed by atoms with Gasteiger partial charge in [-0.1, -0.05) is 177 Å². The molecule has 0 amide bonds. The van der Waals surface area contributed by atoms with E-state index in [9.17, 15) is 19.8 Å². The maximum atomic E-state index is 14.2. The van der Waals surface area contributed by atoms with Crippen molar-refractivity contribution in [1.82, 2.24) is 0 Å². The van der Waals surface area contributed by atoms with E-state index in [2.05, 4.69) is 180 Å². The molecule has 58 heavy (non-hydrogen) atoms. The van der Waals surface area contributed by atoms with Crippen LogP contribution in [0.5, 0.6) is 5.75 Å². The van der Waals surface area contributed by atoms with Crippen LogP contribution in [-0.2, 0) is 20.4 Å². The Hall–Kier alpha value is -3.40. The summed E-state index contributed by atoms with van der Waals surface area (Å²) in [6.07, 6.45) is 5.74. The van der Waals surface area contributed by atoms with Gasteiger partial charge in [-0.05, 0) is 114 Å². The molecule has 2 atom stereocenters. The van der Waals surface area contributed by atoms with Crippen LogP contribution in [0.4, 0.5) is 0 Å². The summed E-state index contributed by atoms with van der Waals surface area (Å²) < 4.78 is 0. The van der Waals surface area contributed by atoms with Crippen LogP contribution in [0.15, 0.2) is 65.3 Å². The van der Waals surface area contributed by atoms with Crippen molar-refractivity contribution < 1.29 is 19.8 Å². The minimum Gasteiger partial charge on any atom is -0.507 e. The zero-order valence-electron chi connectivity index (χ0n) is 40.9.